The lowest BCUT2D eigenvalue weighted by atomic mass is 10.1. The van der Waals surface area contributed by atoms with E-state index in [1.54, 1.807) is 16.2 Å². The Labute approximate surface area is 158 Å². The highest BCUT2D eigenvalue weighted by Crippen LogP contribution is 2.23. The molecular weight excluding hydrogens is 348 g/mol. The van der Waals surface area contributed by atoms with Gasteiger partial charge in [0.2, 0.25) is 0 Å². The van der Waals surface area contributed by atoms with Crippen LogP contribution in [0.4, 0.5) is 15.6 Å². The molecule has 7 heteroatoms. The summed E-state index contributed by atoms with van der Waals surface area (Å²) in [7, 11) is 0. The molecule has 3 rings (SSSR count). The molecule has 140 valence electrons. The van der Waals surface area contributed by atoms with Gasteiger partial charge in [0.15, 0.2) is 5.13 Å². The van der Waals surface area contributed by atoms with E-state index in [4.69, 9.17) is 9.72 Å². The average molecular weight is 375 g/mol. The highest BCUT2D eigenvalue weighted by Gasteiger charge is 2.22. The lowest BCUT2D eigenvalue weighted by Gasteiger charge is -2.33. The molecule has 1 aliphatic rings. The van der Waals surface area contributed by atoms with Gasteiger partial charge in [-0.3, -0.25) is 4.90 Å². The summed E-state index contributed by atoms with van der Waals surface area (Å²) in [5.74, 6) is 0. The fraction of sp³-hybridized carbons (Fsp3) is 0.474. The number of anilines is 2. The predicted octanol–water partition coefficient (Wildman–Crippen LogP) is 3.78. The summed E-state index contributed by atoms with van der Waals surface area (Å²) >= 11 is 1.62. The molecule has 2 heterocycles. The molecule has 1 aliphatic heterocycles. The molecule has 2 aromatic rings. The molecule has 26 heavy (non-hydrogen) atoms. The minimum absolute atomic E-state index is 0.208. The van der Waals surface area contributed by atoms with E-state index >= 15 is 0 Å². The van der Waals surface area contributed by atoms with Crippen LogP contribution >= 0.6 is 11.3 Å². The largest absolute Gasteiger partial charge is 0.450 e. The van der Waals surface area contributed by atoms with E-state index in [2.05, 4.69) is 47.6 Å². The van der Waals surface area contributed by atoms with Crippen LogP contribution in [-0.2, 0) is 11.3 Å². The topological polar surface area (TPSA) is 57.7 Å². The number of rotatable bonds is 5. The second-order valence-electron chi connectivity index (χ2n) is 6.53. The number of benzene rings is 1. The van der Waals surface area contributed by atoms with Crippen molar-refractivity contribution in [3.8, 4) is 0 Å². The van der Waals surface area contributed by atoms with Crippen LogP contribution in [0, 0.1) is 13.8 Å². The van der Waals surface area contributed by atoms with Crippen LogP contribution < -0.4 is 5.32 Å². The van der Waals surface area contributed by atoms with Crippen LogP contribution in [0.5, 0.6) is 0 Å². The van der Waals surface area contributed by atoms with Gasteiger partial charge in [0.05, 0.1) is 12.3 Å². The first kappa shape index (κ1) is 18.7. The SMILES string of the molecule is CCOC(=O)N1CCN(Cc2csc(Nc3ccc(C)c(C)c3)n2)CC1. The maximum absolute atomic E-state index is 11.8. The number of amides is 1. The van der Waals surface area contributed by atoms with E-state index in [0.29, 0.717) is 19.7 Å². The third-order valence-corrected chi connectivity index (χ3v) is 5.40. The van der Waals surface area contributed by atoms with Gasteiger partial charge in [-0.15, -0.1) is 11.3 Å². The fourth-order valence-electron chi connectivity index (χ4n) is 2.91. The zero-order valence-corrected chi connectivity index (χ0v) is 16.4. The first-order valence-electron chi connectivity index (χ1n) is 8.98. The first-order valence-corrected chi connectivity index (χ1v) is 9.86. The average Bonchev–Trinajstić information content (AvgIpc) is 3.06. The second-order valence-corrected chi connectivity index (χ2v) is 7.39. The third-order valence-electron chi connectivity index (χ3n) is 4.59. The Morgan fingerprint density at radius 2 is 2.00 bits per heavy atom. The van der Waals surface area contributed by atoms with Gasteiger partial charge in [-0.25, -0.2) is 9.78 Å². The zero-order chi connectivity index (χ0) is 18.5. The quantitative estimate of drug-likeness (QED) is 0.863. The molecule has 1 aromatic carbocycles. The molecule has 0 unspecified atom stereocenters. The zero-order valence-electron chi connectivity index (χ0n) is 15.6. The van der Waals surface area contributed by atoms with Gasteiger partial charge in [-0.2, -0.15) is 0 Å². The van der Waals surface area contributed by atoms with E-state index in [9.17, 15) is 4.79 Å². The van der Waals surface area contributed by atoms with Crippen LogP contribution in [0.1, 0.15) is 23.7 Å². The number of ether oxygens (including phenoxy) is 1. The summed E-state index contributed by atoms with van der Waals surface area (Å²) in [6.45, 7) is 10.4. The van der Waals surface area contributed by atoms with Gasteiger partial charge in [-0.05, 0) is 44.0 Å². The summed E-state index contributed by atoms with van der Waals surface area (Å²) in [6, 6.07) is 6.35. The van der Waals surface area contributed by atoms with Gasteiger partial charge in [0.25, 0.3) is 0 Å². The standard InChI is InChI=1S/C19H26N4O2S/c1-4-25-19(24)23-9-7-22(8-10-23)12-17-13-26-18(21-17)20-16-6-5-14(2)15(3)11-16/h5-6,11,13H,4,7-10,12H2,1-3H3,(H,20,21). The number of hydrogen-bond acceptors (Lipinski definition) is 6. The van der Waals surface area contributed by atoms with Crippen molar-refractivity contribution >= 4 is 28.2 Å². The van der Waals surface area contributed by atoms with Crippen molar-refractivity contribution in [3.63, 3.8) is 0 Å². The molecule has 0 saturated carbocycles. The minimum atomic E-state index is -0.208. The predicted molar refractivity (Wildman–Crippen MR) is 105 cm³/mol. The number of aryl methyl sites for hydroxylation is 2. The minimum Gasteiger partial charge on any atom is -0.450 e. The molecule has 1 amide bonds. The Bertz CT molecular complexity index is 754. The Hall–Kier alpha value is -2.12. The monoisotopic (exact) mass is 374 g/mol. The van der Waals surface area contributed by atoms with Crippen LogP contribution in [0.2, 0.25) is 0 Å². The highest BCUT2D eigenvalue weighted by molar-refractivity contribution is 7.13. The van der Waals surface area contributed by atoms with Crippen molar-refractivity contribution < 1.29 is 9.53 Å². The third kappa shape index (κ3) is 4.74. The number of piperazine rings is 1. The Kier molecular flexibility index (Phi) is 6.11. The van der Waals surface area contributed by atoms with E-state index < -0.39 is 0 Å². The van der Waals surface area contributed by atoms with Crippen molar-refractivity contribution in [1.82, 2.24) is 14.8 Å². The lowest BCUT2D eigenvalue weighted by Crippen LogP contribution is -2.48. The highest BCUT2D eigenvalue weighted by atomic mass is 32.1. The molecule has 0 atom stereocenters. The molecular formula is C19H26N4O2S. The summed E-state index contributed by atoms with van der Waals surface area (Å²) in [5, 5.41) is 6.39. The number of carbonyl (C=O) groups is 1. The Morgan fingerprint density at radius 3 is 2.69 bits per heavy atom. The molecule has 0 bridgehead atoms. The fourth-order valence-corrected chi connectivity index (χ4v) is 3.63. The number of nitrogens with one attached hydrogen (secondary N) is 1. The summed E-state index contributed by atoms with van der Waals surface area (Å²) in [6.07, 6.45) is -0.208. The molecule has 6 nitrogen and oxygen atoms in total. The number of nitrogens with zero attached hydrogens (tertiary/aromatic N) is 3. The van der Waals surface area contributed by atoms with Gasteiger partial charge in [0, 0.05) is 43.8 Å². The summed E-state index contributed by atoms with van der Waals surface area (Å²) < 4.78 is 5.06. The lowest BCUT2D eigenvalue weighted by molar-refractivity contribution is 0.0776. The van der Waals surface area contributed by atoms with Crippen molar-refractivity contribution in [2.24, 2.45) is 0 Å². The molecule has 0 radical (unpaired) electrons. The molecule has 0 aliphatic carbocycles. The second kappa shape index (κ2) is 8.51. The molecule has 1 fully saturated rings. The summed E-state index contributed by atoms with van der Waals surface area (Å²) in [4.78, 5) is 20.5. The van der Waals surface area contributed by atoms with Gasteiger partial charge in [0.1, 0.15) is 0 Å². The van der Waals surface area contributed by atoms with Gasteiger partial charge >= 0.3 is 6.09 Å². The summed E-state index contributed by atoms with van der Waals surface area (Å²) in [5.41, 5.74) is 4.69. The number of aromatic nitrogens is 1. The van der Waals surface area contributed by atoms with Crippen LogP contribution in [-0.4, -0.2) is 53.7 Å². The van der Waals surface area contributed by atoms with Crippen molar-refractivity contribution in [2.75, 3.05) is 38.1 Å². The smallest absolute Gasteiger partial charge is 0.409 e. The Balaban J connectivity index is 1.51. The Morgan fingerprint density at radius 1 is 1.23 bits per heavy atom. The van der Waals surface area contributed by atoms with E-state index in [1.165, 1.54) is 11.1 Å². The maximum Gasteiger partial charge on any atom is 0.409 e. The van der Waals surface area contributed by atoms with Gasteiger partial charge < -0.3 is 15.0 Å². The van der Waals surface area contributed by atoms with Crippen LogP contribution in [0.3, 0.4) is 0 Å². The number of thiazole rings is 1. The van der Waals surface area contributed by atoms with Gasteiger partial charge in [-0.1, -0.05) is 6.07 Å². The molecule has 1 N–H and O–H groups in total. The van der Waals surface area contributed by atoms with Crippen molar-refractivity contribution in [2.45, 2.75) is 27.3 Å². The van der Waals surface area contributed by atoms with E-state index in [-0.39, 0.29) is 6.09 Å². The van der Waals surface area contributed by atoms with Crippen LogP contribution in [0.15, 0.2) is 23.6 Å². The molecule has 0 spiro atoms. The number of carbonyl (C=O) groups excluding carboxylic acids is 1. The van der Waals surface area contributed by atoms with Crippen LogP contribution in [0.25, 0.3) is 0 Å². The van der Waals surface area contributed by atoms with Crippen molar-refractivity contribution in [1.29, 1.82) is 0 Å². The molecule has 1 saturated heterocycles. The maximum atomic E-state index is 11.8. The van der Waals surface area contributed by atoms with Crippen molar-refractivity contribution in [3.05, 3.63) is 40.4 Å². The molecule has 1 aromatic heterocycles. The van der Waals surface area contributed by atoms with E-state index in [0.717, 1.165) is 36.1 Å². The normalized spacial score (nSPS) is 15.1. The number of hydrogen-bond donors (Lipinski definition) is 1. The first-order chi connectivity index (χ1) is 12.5. The van der Waals surface area contributed by atoms with E-state index in [1.807, 2.05) is 6.92 Å².